The number of amides is 1. The summed E-state index contributed by atoms with van der Waals surface area (Å²) in [5.74, 6) is -1.54. The van der Waals surface area contributed by atoms with Gasteiger partial charge < -0.3 is 10.0 Å². The summed E-state index contributed by atoms with van der Waals surface area (Å²) in [6.07, 6.45) is 1.26. The van der Waals surface area contributed by atoms with Crippen molar-refractivity contribution < 1.29 is 14.7 Å². The molecule has 1 aromatic heterocycles. The molecule has 5 nitrogen and oxygen atoms in total. The van der Waals surface area contributed by atoms with E-state index in [1.807, 2.05) is 13.8 Å². The molecule has 3 atom stereocenters. The van der Waals surface area contributed by atoms with Gasteiger partial charge in [-0.05, 0) is 25.7 Å². The number of rotatable bonds is 4. The van der Waals surface area contributed by atoms with Crippen molar-refractivity contribution in [3.05, 3.63) is 16.1 Å². The third-order valence-corrected chi connectivity index (χ3v) is 4.95. The lowest BCUT2D eigenvalue weighted by Gasteiger charge is -2.23. The van der Waals surface area contributed by atoms with Crippen molar-refractivity contribution in [2.24, 2.45) is 17.8 Å². The Bertz CT molecular complexity index is 514. The van der Waals surface area contributed by atoms with Crippen LogP contribution < -0.4 is 0 Å². The van der Waals surface area contributed by atoms with E-state index in [4.69, 9.17) is 0 Å². The summed E-state index contributed by atoms with van der Waals surface area (Å²) in [6.45, 7) is 4.44. The second kappa shape index (κ2) is 5.91. The van der Waals surface area contributed by atoms with E-state index < -0.39 is 11.9 Å². The highest BCUT2D eigenvalue weighted by Gasteiger charge is 2.42. The first kappa shape index (κ1) is 15.0. The summed E-state index contributed by atoms with van der Waals surface area (Å²) in [7, 11) is 1.74. The van der Waals surface area contributed by atoms with Gasteiger partial charge in [0, 0.05) is 11.9 Å². The first-order valence-electron chi connectivity index (χ1n) is 6.77. The number of aryl methyl sites for hydroxylation is 1. The molecule has 20 heavy (non-hydrogen) atoms. The number of nitrogens with zero attached hydrogens (tertiary/aromatic N) is 2. The van der Waals surface area contributed by atoms with Gasteiger partial charge >= 0.3 is 5.97 Å². The molecule has 0 aliphatic heterocycles. The van der Waals surface area contributed by atoms with Crippen LogP contribution >= 0.6 is 11.3 Å². The number of aromatic nitrogens is 1. The largest absolute Gasteiger partial charge is 0.481 e. The summed E-state index contributed by atoms with van der Waals surface area (Å²) in [4.78, 5) is 30.6. The van der Waals surface area contributed by atoms with Crippen molar-refractivity contribution in [1.82, 2.24) is 9.88 Å². The average Bonchev–Trinajstić information content (AvgIpc) is 2.95. The number of carboxylic acid groups (broad SMARTS) is 1. The lowest BCUT2D eigenvalue weighted by molar-refractivity contribution is -0.148. The van der Waals surface area contributed by atoms with Crippen molar-refractivity contribution in [2.75, 3.05) is 7.05 Å². The Labute approximate surface area is 122 Å². The van der Waals surface area contributed by atoms with Gasteiger partial charge in [-0.25, -0.2) is 4.98 Å². The van der Waals surface area contributed by atoms with Gasteiger partial charge in [0.25, 0.3) is 0 Å². The summed E-state index contributed by atoms with van der Waals surface area (Å²) in [5.41, 5.74) is 2.70. The Hall–Kier alpha value is -1.43. The minimum atomic E-state index is -0.852. The van der Waals surface area contributed by atoms with E-state index in [-0.39, 0.29) is 11.8 Å². The van der Waals surface area contributed by atoms with Crippen LogP contribution in [0.1, 0.15) is 30.3 Å². The molecule has 0 spiro atoms. The van der Waals surface area contributed by atoms with Gasteiger partial charge in [-0.15, -0.1) is 11.3 Å². The molecule has 0 bridgehead atoms. The Balaban J connectivity index is 2.06. The van der Waals surface area contributed by atoms with E-state index in [1.165, 1.54) is 11.3 Å². The maximum atomic E-state index is 12.5. The molecule has 1 aliphatic carbocycles. The quantitative estimate of drug-likeness (QED) is 0.924. The second-order valence-corrected chi connectivity index (χ2v) is 6.62. The minimum Gasteiger partial charge on any atom is -0.481 e. The molecule has 1 heterocycles. The highest BCUT2D eigenvalue weighted by Crippen LogP contribution is 2.37. The number of aliphatic carboxylic acids is 1. The molecule has 1 fully saturated rings. The van der Waals surface area contributed by atoms with Crippen molar-refractivity contribution in [3.8, 4) is 0 Å². The SMILES string of the molecule is Cc1ncsc1CN(C)C(=O)C1CC(C)CC1C(=O)O. The molecular weight excluding hydrogens is 276 g/mol. The van der Waals surface area contributed by atoms with Gasteiger partial charge in [0.1, 0.15) is 0 Å². The molecule has 1 aliphatic rings. The van der Waals surface area contributed by atoms with E-state index in [9.17, 15) is 14.7 Å². The molecule has 2 rings (SSSR count). The summed E-state index contributed by atoms with van der Waals surface area (Å²) >= 11 is 1.52. The Kier molecular flexibility index (Phi) is 4.42. The van der Waals surface area contributed by atoms with Gasteiger partial charge in [0.05, 0.1) is 29.6 Å². The predicted octanol–water partition coefficient (Wildman–Crippen LogP) is 2.16. The maximum Gasteiger partial charge on any atom is 0.307 e. The fourth-order valence-corrected chi connectivity index (χ4v) is 3.72. The molecule has 6 heteroatoms. The molecule has 1 aromatic rings. The fourth-order valence-electron chi connectivity index (χ4n) is 2.89. The number of hydrogen-bond acceptors (Lipinski definition) is 4. The van der Waals surface area contributed by atoms with Gasteiger partial charge in [-0.1, -0.05) is 6.92 Å². The van der Waals surface area contributed by atoms with Crippen LogP contribution in [0.3, 0.4) is 0 Å². The number of thiazole rings is 1. The minimum absolute atomic E-state index is 0.0606. The van der Waals surface area contributed by atoms with Crippen LogP contribution in [0, 0.1) is 24.7 Å². The van der Waals surface area contributed by atoms with Crippen LogP contribution in [0.5, 0.6) is 0 Å². The fraction of sp³-hybridized carbons (Fsp3) is 0.643. The molecule has 1 N–H and O–H groups in total. The van der Waals surface area contributed by atoms with Gasteiger partial charge in [-0.3, -0.25) is 9.59 Å². The molecule has 1 amide bonds. The highest BCUT2D eigenvalue weighted by molar-refractivity contribution is 7.09. The van der Waals surface area contributed by atoms with E-state index in [0.717, 1.165) is 10.6 Å². The van der Waals surface area contributed by atoms with Crippen LogP contribution in [0.25, 0.3) is 0 Å². The van der Waals surface area contributed by atoms with Crippen molar-refractivity contribution in [1.29, 1.82) is 0 Å². The topological polar surface area (TPSA) is 70.5 Å². The van der Waals surface area contributed by atoms with Crippen molar-refractivity contribution in [3.63, 3.8) is 0 Å². The third-order valence-electron chi connectivity index (χ3n) is 4.03. The van der Waals surface area contributed by atoms with E-state index in [1.54, 1.807) is 17.5 Å². The number of carbonyl (C=O) groups excluding carboxylic acids is 1. The molecule has 1 saturated carbocycles. The van der Waals surface area contributed by atoms with E-state index in [2.05, 4.69) is 4.98 Å². The summed E-state index contributed by atoms with van der Waals surface area (Å²) < 4.78 is 0. The number of carboxylic acids is 1. The third kappa shape index (κ3) is 3.00. The van der Waals surface area contributed by atoms with Crippen LogP contribution in [0.4, 0.5) is 0 Å². The molecular formula is C14H20N2O3S. The molecule has 0 radical (unpaired) electrons. The van der Waals surface area contributed by atoms with E-state index >= 15 is 0 Å². The van der Waals surface area contributed by atoms with E-state index in [0.29, 0.717) is 25.3 Å². The lowest BCUT2D eigenvalue weighted by Crippen LogP contribution is -2.36. The molecule has 0 saturated heterocycles. The summed E-state index contributed by atoms with van der Waals surface area (Å²) in [5, 5.41) is 9.25. The van der Waals surface area contributed by atoms with Crippen molar-refractivity contribution >= 4 is 23.2 Å². The second-order valence-electron chi connectivity index (χ2n) is 5.68. The zero-order chi connectivity index (χ0) is 14.9. The zero-order valence-corrected chi connectivity index (χ0v) is 12.8. The normalized spacial score (nSPS) is 25.6. The Morgan fingerprint density at radius 3 is 2.65 bits per heavy atom. The van der Waals surface area contributed by atoms with Crippen LogP contribution in [0.2, 0.25) is 0 Å². The first-order chi connectivity index (χ1) is 9.40. The predicted molar refractivity (Wildman–Crippen MR) is 76.3 cm³/mol. The Morgan fingerprint density at radius 1 is 1.45 bits per heavy atom. The van der Waals surface area contributed by atoms with Crippen LogP contribution in [-0.4, -0.2) is 33.9 Å². The number of carbonyl (C=O) groups is 2. The average molecular weight is 296 g/mol. The van der Waals surface area contributed by atoms with Gasteiger partial charge in [0.15, 0.2) is 0 Å². The first-order valence-corrected chi connectivity index (χ1v) is 7.64. The zero-order valence-electron chi connectivity index (χ0n) is 12.0. The van der Waals surface area contributed by atoms with Gasteiger partial charge in [-0.2, -0.15) is 0 Å². The monoisotopic (exact) mass is 296 g/mol. The molecule has 3 unspecified atom stereocenters. The molecule has 0 aromatic carbocycles. The highest BCUT2D eigenvalue weighted by atomic mass is 32.1. The molecule has 110 valence electrons. The number of hydrogen-bond donors (Lipinski definition) is 1. The van der Waals surface area contributed by atoms with Crippen LogP contribution in [0.15, 0.2) is 5.51 Å². The standard InChI is InChI=1S/C14H20N2O3S/c1-8-4-10(11(5-8)14(18)19)13(17)16(3)6-12-9(2)15-7-20-12/h7-8,10-11H,4-6H2,1-3H3,(H,18,19). The van der Waals surface area contributed by atoms with Crippen LogP contribution in [-0.2, 0) is 16.1 Å². The Morgan fingerprint density at radius 2 is 2.10 bits per heavy atom. The van der Waals surface area contributed by atoms with Crippen molar-refractivity contribution in [2.45, 2.75) is 33.2 Å². The smallest absolute Gasteiger partial charge is 0.307 e. The van der Waals surface area contributed by atoms with Gasteiger partial charge in [0.2, 0.25) is 5.91 Å². The maximum absolute atomic E-state index is 12.5. The lowest BCUT2D eigenvalue weighted by atomic mass is 9.95. The summed E-state index contributed by atoms with van der Waals surface area (Å²) in [6, 6.07) is 0.